The van der Waals surface area contributed by atoms with Gasteiger partial charge in [0.05, 0.1) is 22.9 Å². The van der Waals surface area contributed by atoms with Gasteiger partial charge in [-0.05, 0) is 22.6 Å². The second-order valence-corrected chi connectivity index (χ2v) is 5.51. The van der Waals surface area contributed by atoms with Crippen LogP contribution in [0.15, 0.2) is 28.4 Å². The van der Waals surface area contributed by atoms with Gasteiger partial charge in [-0.3, -0.25) is 14.3 Å². The van der Waals surface area contributed by atoms with Gasteiger partial charge in [-0.1, -0.05) is 6.08 Å². The largest absolute Gasteiger partial charge is 0.394 e. The number of ether oxygens (including phenoxy) is 2. The first-order valence-electron chi connectivity index (χ1n) is 6.06. The molecule has 20 heavy (non-hydrogen) atoms. The zero-order chi connectivity index (χ0) is 14.7. The van der Waals surface area contributed by atoms with E-state index in [4.69, 9.17) is 9.47 Å². The van der Waals surface area contributed by atoms with Crippen molar-refractivity contribution in [1.82, 2.24) is 9.55 Å². The molecule has 1 aromatic rings. The highest BCUT2D eigenvalue weighted by Gasteiger charge is 2.37. The van der Waals surface area contributed by atoms with Crippen molar-refractivity contribution < 1.29 is 14.6 Å². The summed E-state index contributed by atoms with van der Waals surface area (Å²) in [4.78, 5) is 25.4. The number of halogens is 1. The van der Waals surface area contributed by atoms with E-state index in [-0.39, 0.29) is 12.7 Å². The van der Waals surface area contributed by atoms with Crippen molar-refractivity contribution in [3.63, 3.8) is 0 Å². The van der Waals surface area contributed by atoms with Crippen LogP contribution in [0.4, 0.5) is 0 Å². The Morgan fingerprint density at radius 2 is 2.40 bits per heavy atom. The van der Waals surface area contributed by atoms with Crippen molar-refractivity contribution in [3.05, 3.63) is 43.3 Å². The fourth-order valence-corrected chi connectivity index (χ4v) is 2.51. The van der Waals surface area contributed by atoms with Crippen molar-refractivity contribution in [2.45, 2.75) is 24.9 Å². The SMILES string of the molecule is C=CCOC1C[C@H](n2cc(I)c(=O)[nH]c2=O)O[C@@H]1CO. The predicted molar refractivity (Wildman–Crippen MR) is 79.6 cm³/mol. The minimum absolute atomic E-state index is 0.201. The Bertz CT molecular complexity index is 596. The minimum atomic E-state index is -0.570. The van der Waals surface area contributed by atoms with Gasteiger partial charge in [-0.2, -0.15) is 0 Å². The van der Waals surface area contributed by atoms with Crippen molar-refractivity contribution in [1.29, 1.82) is 0 Å². The Kier molecular flexibility index (Phi) is 5.13. The van der Waals surface area contributed by atoms with Crippen molar-refractivity contribution in [2.24, 2.45) is 0 Å². The first-order chi connectivity index (χ1) is 9.56. The molecule has 2 rings (SSSR count). The summed E-state index contributed by atoms with van der Waals surface area (Å²) in [7, 11) is 0. The molecule has 0 saturated carbocycles. The number of rotatable bonds is 5. The fraction of sp³-hybridized carbons (Fsp3) is 0.500. The van der Waals surface area contributed by atoms with Crippen molar-refractivity contribution >= 4 is 22.6 Å². The van der Waals surface area contributed by atoms with Crippen LogP contribution in [0.5, 0.6) is 0 Å². The lowest BCUT2D eigenvalue weighted by atomic mass is 10.2. The summed E-state index contributed by atoms with van der Waals surface area (Å²) in [6, 6.07) is 0. The Morgan fingerprint density at radius 1 is 1.65 bits per heavy atom. The number of nitrogens with zero attached hydrogens (tertiary/aromatic N) is 1. The number of hydrogen-bond donors (Lipinski definition) is 2. The quantitative estimate of drug-likeness (QED) is 0.542. The maximum absolute atomic E-state index is 11.8. The van der Waals surface area contributed by atoms with E-state index >= 15 is 0 Å². The predicted octanol–water partition coefficient (Wildman–Crippen LogP) is -0.00780. The van der Waals surface area contributed by atoms with Crippen LogP contribution in [0.1, 0.15) is 12.6 Å². The zero-order valence-electron chi connectivity index (χ0n) is 10.6. The van der Waals surface area contributed by atoms with Crippen LogP contribution in [-0.4, -0.2) is 40.1 Å². The average Bonchev–Trinajstić information content (AvgIpc) is 2.83. The third kappa shape index (κ3) is 3.19. The third-order valence-electron chi connectivity index (χ3n) is 3.02. The molecule has 1 saturated heterocycles. The summed E-state index contributed by atoms with van der Waals surface area (Å²) in [5, 5.41) is 9.29. The van der Waals surface area contributed by atoms with E-state index < -0.39 is 23.6 Å². The second kappa shape index (κ2) is 6.66. The third-order valence-corrected chi connectivity index (χ3v) is 3.79. The molecule has 2 N–H and O–H groups in total. The zero-order valence-corrected chi connectivity index (χ0v) is 12.8. The standard InChI is InChI=1S/C12H15IN2O5/c1-2-3-19-8-4-10(20-9(8)6-16)15-5-7(13)11(17)14-12(15)18/h2,5,8-10,16H,1,3-4,6H2,(H,14,17,18)/t8?,9-,10-/m1/s1. The molecule has 8 heteroatoms. The maximum atomic E-state index is 11.8. The van der Waals surface area contributed by atoms with Crippen LogP contribution in [0.25, 0.3) is 0 Å². The summed E-state index contributed by atoms with van der Waals surface area (Å²) < 4.78 is 12.8. The summed E-state index contributed by atoms with van der Waals surface area (Å²) >= 11 is 1.84. The summed E-state index contributed by atoms with van der Waals surface area (Å²) in [5.74, 6) is 0. The molecular formula is C12H15IN2O5. The van der Waals surface area contributed by atoms with Crippen LogP contribution in [0.2, 0.25) is 0 Å². The van der Waals surface area contributed by atoms with Gasteiger partial charge in [-0.25, -0.2) is 4.79 Å². The van der Waals surface area contributed by atoms with Gasteiger partial charge in [0.15, 0.2) is 0 Å². The number of aliphatic hydroxyl groups is 1. The van der Waals surface area contributed by atoms with E-state index in [0.29, 0.717) is 16.6 Å². The normalized spacial score (nSPS) is 25.8. The first-order valence-corrected chi connectivity index (χ1v) is 7.14. The topological polar surface area (TPSA) is 93.6 Å². The van der Waals surface area contributed by atoms with Gasteiger partial charge < -0.3 is 14.6 Å². The van der Waals surface area contributed by atoms with Gasteiger partial charge in [0.1, 0.15) is 12.3 Å². The fourth-order valence-electron chi connectivity index (χ4n) is 2.08. The number of aromatic nitrogens is 2. The lowest BCUT2D eigenvalue weighted by molar-refractivity contribution is -0.0582. The van der Waals surface area contributed by atoms with Crippen LogP contribution in [-0.2, 0) is 9.47 Å². The van der Waals surface area contributed by atoms with Crippen LogP contribution in [0, 0.1) is 3.57 Å². The Labute approximate surface area is 128 Å². The van der Waals surface area contributed by atoms with E-state index in [1.54, 1.807) is 6.08 Å². The molecule has 0 aliphatic carbocycles. The van der Waals surface area contributed by atoms with Gasteiger partial charge in [0.25, 0.3) is 5.56 Å². The molecule has 1 aliphatic rings. The van der Waals surface area contributed by atoms with Crippen LogP contribution in [0.3, 0.4) is 0 Å². The maximum Gasteiger partial charge on any atom is 0.330 e. The van der Waals surface area contributed by atoms with E-state index in [1.165, 1.54) is 10.8 Å². The van der Waals surface area contributed by atoms with Gasteiger partial charge in [0, 0.05) is 12.6 Å². The summed E-state index contributed by atoms with van der Waals surface area (Å²) in [6.07, 6.45) is 2.07. The molecule has 1 fully saturated rings. The molecule has 0 radical (unpaired) electrons. The molecule has 0 bridgehead atoms. The lowest BCUT2D eigenvalue weighted by Crippen LogP contribution is -2.33. The molecule has 0 aromatic carbocycles. The number of nitrogens with one attached hydrogen (secondary N) is 1. The highest BCUT2D eigenvalue weighted by atomic mass is 127. The number of aliphatic hydroxyl groups excluding tert-OH is 1. The van der Waals surface area contributed by atoms with Crippen LogP contribution < -0.4 is 11.2 Å². The molecule has 0 amide bonds. The summed E-state index contributed by atoms with van der Waals surface area (Å²) in [5.41, 5.74) is -0.968. The van der Waals surface area contributed by atoms with E-state index in [2.05, 4.69) is 11.6 Å². The Balaban J connectivity index is 2.22. The molecule has 2 heterocycles. The van der Waals surface area contributed by atoms with Crippen molar-refractivity contribution in [2.75, 3.05) is 13.2 Å². The Hall–Kier alpha value is -0.970. The lowest BCUT2D eigenvalue weighted by Gasteiger charge is -2.15. The molecule has 7 nitrogen and oxygen atoms in total. The molecule has 1 unspecified atom stereocenters. The highest BCUT2D eigenvalue weighted by molar-refractivity contribution is 14.1. The van der Waals surface area contributed by atoms with Gasteiger partial charge in [0.2, 0.25) is 0 Å². The minimum Gasteiger partial charge on any atom is -0.394 e. The van der Waals surface area contributed by atoms with Gasteiger partial charge in [-0.15, -0.1) is 6.58 Å². The van der Waals surface area contributed by atoms with Gasteiger partial charge >= 0.3 is 5.69 Å². The van der Waals surface area contributed by atoms with Crippen LogP contribution >= 0.6 is 22.6 Å². The van der Waals surface area contributed by atoms with E-state index in [1.807, 2.05) is 22.6 Å². The highest BCUT2D eigenvalue weighted by Crippen LogP contribution is 2.29. The smallest absolute Gasteiger partial charge is 0.330 e. The molecule has 1 aromatic heterocycles. The summed E-state index contributed by atoms with van der Waals surface area (Å²) in [6.45, 7) is 3.70. The Morgan fingerprint density at radius 3 is 3.05 bits per heavy atom. The average molecular weight is 394 g/mol. The molecule has 3 atom stereocenters. The molecule has 0 spiro atoms. The number of hydrogen-bond acceptors (Lipinski definition) is 5. The number of H-pyrrole nitrogens is 1. The molecule has 1 aliphatic heterocycles. The van der Waals surface area contributed by atoms with E-state index in [9.17, 15) is 14.7 Å². The number of aromatic amines is 1. The molecular weight excluding hydrogens is 379 g/mol. The molecule has 110 valence electrons. The second-order valence-electron chi connectivity index (χ2n) is 4.35. The first kappa shape index (κ1) is 15.4. The van der Waals surface area contributed by atoms with Crippen molar-refractivity contribution in [3.8, 4) is 0 Å². The van der Waals surface area contributed by atoms with E-state index in [0.717, 1.165) is 0 Å². The monoisotopic (exact) mass is 394 g/mol.